The van der Waals surface area contributed by atoms with E-state index in [2.05, 4.69) is 6.92 Å². The van der Waals surface area contributed by atoms with Crippen molar-refractivity contribution in [3.8, 4) is 5.75 Å². The Morgan fingerprint density at radius 3 is 2.40 bits per heavy atom. The first-order valence-electron chi connectivity index (χ1n) is 7.30. The highest BCUT2D eigenvalue weighted by Crippen LogP contribution is 2.18. The zero-order valence-corrected chi connectivity index (χ0v) is 13.0. The summed E-state index contributed by atoms with van der Waals surface area (Å²) in [6, 6.07) is 9.74. The van der Waals surface area contributed by atoms with Gasteiger partial charge in [-0.1, -0.05) is 31.5 Å². The Morgan fingerprint density at radius 1 is 1.20 bits per heavy atom. The molecule has 0 spiro atoms. The maximum atomic E-state index is 11.8. The lowest BCUT2D eigenvalue weighted by Crippen LogP contribution is -2.25. The number of benzene rings is 1. The Balaban J connectivity index is 2.31. The molecule has 0 aliphatic rings. The molecule has 0 N–H and O–H groups in total. The van der Waals surface area contributed by atoms with Gasteiger partial charge in [0.1, 0.15) is 11.4 Å². The topological polar surface area (TPSA) is 35.5 Å². The van der Waals surface area contributed by atoms with E-state index in [0.717, 1.165) is 18.6 Å². The third kappa shape index (κ3) is 7.17. The molecule has 1 atom stereocenters. The van der Waals surface area contributed by atoms with Crippen molar-refractivity contribution in [1.29, 1.82) is 0 Å². The fourth-order valence-electron chi connectivity index (χ4n) is 1.93. The van der Waals surface area contributed by atoms with Crippen molar-refractivity contribution >= 4 is 5.97 Å². The van der Waals surface area contributed by atoms with Crippen LogP contribution in [0.2, 0.25) is 0 Å². The maximum Gasteiger partial charge on any atom is 0.306 e. The van der Waals surface area contributed by atoms with E-state index in [1.54, 1.807) is 0 Å². The van der Waals surface area contributed by atoms with Crippen LogP contribution in [-0.4, -0.2) is 18.2 Å². The first-order chi connectivity index (χ1) is 9.40. The Hall–Kier alpha value is -1.51. The van der Waals surface area contributed by atoms with E-state index in [-0.39, 0.29) is 5.97 Å². The largest absolute Gasteiger partial charge is 0.494 e. The van der Waals surface area contributed by atoms with E-state index >= 15 is 0 Å². The van der Waals surface area contributed by atoms with Gasteiger partial charge in [0.05, 0.1) is 6.61 Å². The van der Waals surface area contributed by atoms with Gasteiger partial charge in [0.25, 0.3) is 0 Å². The smallest absolute Gasteiger partial charge is 0.306 e. The minimum atomic E-state index is -0.407. The van der Waals surface area contributed by atoms with E-state index in [1.807, 2.05) is 51.1 Å². The van der Waals surface area contributed by atoms with Crippen LogP contribution in [0.25, 0.3) is 0 Å². The summed E-state index contributed by atoms with van der Waals surface area (Å²) in [6.45, 7) is 8.40. The molecule has 0 amide bonds. The lowest BCUT2D eigenvalue weighted by atomic mass is 9.99. The average molecular weight is 278 g/mol. The van der Waals surface area contributed by atoms with Gasteiger partial charge in [-0.05, 0) is 45.2 Å². The van der Waals surface area contributed by atoms with Gasteiger partial charge in [0.2, 0.25) is 0 Å². The second kappa shape index (κ2) is 7.93. The highest BCUT2D eigenvalue weighted by molar-refractivity contribution is 5.70. The summed E-state index contributed by atoms with van der Waals surface area (Å²) in [6.07, 6.45) is 2.29. The van der Waals surface area contributed by atoms with Gasteiger partial charge in [-0.2, -0.15) is 0 Å². The van der Waals surface area contributed by atoms with E-state index in [9.17, 15) is 4.79 Å². The highest BCUT2D eigenvalue weighted by Gasteiger charge is 2.19. The minimum absolute atomic E-state index is 0.121. The Kier molecular flexibility index (Phi) is 6.56. The first kappa shape index (κ1) is 16.5. The van der Waals surface area contributed by atoms with Gasteiger partial charge in [-0.3, -0.25) is 4.79 Å². The van der Waals surface area contributed by atoms with Crippen molar-refractivity contribution < 1.29 is 14.3 Å². The van der Waals surface area contributed by atoms with Crippen molar-refractivity contribution in [3.05, 3.63) is 30.3 Å². The Bertz CT molecular complexity index is 392. The van der Waals surface area contributed by atoms with Gasteiger partial charge >= 0.3 is 5.97 Å². The van der Waals surface area contributed by atoms with Crippen LogP contribution >= 0.6 is 0 Å². The number of hydrogen-bond donors (Lipinski definition) is 0. The molecule has 20 heavy (non-hydrogen) atoms. The first-order valence-corrected chi connectivity index (χ1v) is 7.30. The molecular weight excluding hydrogens is 252 g/mol. The third-order valence-corrected chi connectivity index (χ3v) is 2.99. The van der Waals surface area contributed by atoms with Crippen LogP contribution in [0, 0.1) is 5.92 Å². The van der Waals surface area contributed by atoms with E-state index in [1.165, 1.54) is 0 Å². The van der Waals surface area contributed by atoms with E-state index in [4.69, 9.17) is 9.47 Å². The molecule has 3 heteroatoms. The summed E-state index contributed by atoms with van der Waals surface area (Å²) in [5.41, 5.74) is -0.407. The van der Waals surface area contributed by atoms with Crippen LogP contribution < -0.4 is 4.74 Å². The van der Waals surface area contributed by atoms with Gasteiger partial charge in [0, 0.05) is 6.42 Å². The molecule has 1 aromatic carbocycles. The summed E-state index contributed by atoms with van der Waals surface area (Å²) in [7, 11) is 0. The molecule has 0 aliphatic carbocycles. The lowest BCUT2D eigenvalue weighted by molar-refractivity contribution is -0.156. The highest BCUT2D eigenvalue weighted by atomic mass is 16.6. The van der Waals surface area contributed by atoms with Gasteiger partial charge in [-0.15, -0.1) is 0 Å². The van der Waals surface area contributed by atoms with Gasteiger partial charge < -0.3 is 9.47 Å². The molecule has 0 heterocycles. The summed E-state index contributed by atoms with van der Waals surface area (Å²) in [5.74, 6) is 1.07. The lowest BCUT2D eigenvalue weighted by Gasteiger charge is -2.21. The molecule has 0 aromatic heterocycles. The number of rotatable bonds is 7. The summed E-state index contributed by atoms with van der Waals surface area (Å²) >= 11 is 0. The number of para-hydroxylation sites is 1. The zero-order chi connectivity index (χ0) is 15.0. The zero-order valence-electron chi connectivity index (χ0n) is 13.0. The van der Waals surface area contributed by atoms with Crippen LogP contribution in [-0.2, 0) is 9.53 Å². The molecule has 0 radical (unpaired) electrons. The SMILES string of the molecule is CCC(CCOc1ccccc1)CC(=O)OC(C)(C)C. The predicted molar refractivity (Wildman–Crippen MR) is 80.8 cm³/mol. The van der Waals surface area contributed by atoms with E-state index in [0.29, 0.717) is 18.9 Å². The van der Waals surface area contributed by atoms with Crippen LogP contribution in [0.1, 0.15) is 47.0 Å². The van der Waals surface area contributed by atoms with Gasteiger partial charge in [-0.25, -0.2) is 0 Å². The maximum absolute atomic E-state index is 11.8. The molecule has 0 aliphatic heterocycles. The molecular formula is C17H26O3. The standard InChI is InChI=1S/C17H26O3/c1-5-14(13-16(18)20-17(2,3)4)11-12-19-15-9-7-6-8-10-15/h6-10,14H,5,11-13H2,1-4H3. The molecule has 1 rings (SSSR count). The second-order valence-corrected chi connectivity index (χ2v) is 6.02. The van der Waals surface area contributed by atoms with Crippen molar-refractivity contribution in [2.24, 2.45) is 5.92 Å². The Morgan fingerprint density at radius 2 is 1.85 bits per heavy atom. The normalized spacial score (nSPS) is 12.8. The Labute approximate surface area is 122 Å². The molecule has 0 saturated carbocycles. The van der Waals surface area contributed by atoms with Crippen LogP contribution in [0.15, 0.2) is 30.3 Å². The number of ether oxygens (including phenoxy) is 2. The van der Waals surface area contributed by atoms with Crippen molar-refractivity contribution in [2.45, 2.75) is 52.6 Å². The molecule has 0 saturated heterocycles. The van der Waals surface area contributed by atoms with Crippen molar-refractivity contribution in [1.82, 2.24) is 0 Å². The van der Waals surface area contributed by atoms with Crippen LogP contribution in [0.4, 0.5) is 0 Å². The van der Waals surface area contributed by atoms with Gasteiger partial charge in [0.15, 0.2) is 0 Å². The van der Waals surface area contributed by atoms with Crippen LogP contribution in [0.5, 0.6) is 5.75 Å². The van der Waals surface area contributed by atoms with Crippen molar-refractivity contribution in [3.63, 3.8) is 0 Å². The summed E-state index contributed by atoms with van der Waals surface area (Å²) in [5, 5.41) is 0. The number of esters is 1. The number of carbonyl (C=O) groups is 1. The predicted octanol–water partition coefficient (Wildman–Crippen LogP) is 4.21. The third-order valence-electron chi connectivity index (χ3n) is 2.99. The molecule has 0 bridgehead atoms. The molecule has 3 nitrogen and oxygen atoms in total. The number of hydrogen-bond acceptors (Lipinski definition) is 3. The van der Waals surface area contributed by atoms with Crippen LogP contribution in [0.3, 0.4) is 0 Å². The minimum Gasteiger partial charge on any atom is -0.494 e. The summed E-state index contributed by atoms with van der Waals surface area (Å²) < 4.78 is 11.0. The number of carbonyl (C=O) groups excluding carboxylic acids is 1. The molecule has 1 unspecified atom stereocenters. The fourth-order valence-corrected chi connectivity index (χ4v) is 1.93. The van der Waals surface area contributed by atoms with Crippen molar-refractivity contribution in [2.75, 3.05) is 6.61 Å². The fraction of sp³-hybridized carbons (Fsp3) is 0.588. The molecule has 1 aromatic rings. The monoisotopic (exact) mass is 278 g/mol. The quantitative estimate of drug-likeness (QED) is 0.701. The summed E-state index contributed by atoms with van der Waals surface area (Å²) in [4.78, 5) is 11.8. The molecule has 112 valence electrons. The average Bonchev–Trinajstić information content (AvgIpc) is 2.36. The molecule has 0 fully saturated rings. The second-order valence-electron chi connectivity index (χ2n) is 6.02. The van der Waals surface area contributed by atoms with E-state index < -0.39 is 5.60 Å².